The van der Waals surface area contributed by atoms with Crippen LogP contribution in [0.5, 0.6) is 0 Å². The molecule has 0 aliphatic rings. The molecule has 0 saturated carbocycles. The number of allylic oxidation sites excluding steroid dienone is 10. The SMILES string of the molecule is CCCCC/C=C\C/C=C\C/C=C\C/C=C\CCCC(=O)OC[C@@H](COC(=O)CCCCCCCCCCCCCCCCCC)OC(=O)CCCCCCCCC/C=C\CCCCCCCC. The van der Waals surface area contributed by atoms with Crippen molar-refractivity contribution in [2.75, 3.05) is 13.2 Å². The second kappa shape index (κ2) is 56.7. The lowest BCUT2D eigenvalue weighted by Crippen LogP contribution is -2.30. The molecule has 0 radical (unpaired) electrons. The first-order valence-electron chi connectivity index (χ1n) is 29.3. The molecule has 68 heavy (non-hydrogen) atoms. The van der Waals surface area contributed by atoms with E-state index in [1.54, 1.807) is 0 Å². The van der Waals surface area contributed by atoms with Gasteiger partial charge in [0, 0.05) is 19.3 Å². The molecule has 0 aromatic rings. The molecule has 6 nitrogen and oxygen atoms in total. The third kappa shape index (κ3) is 54.1. The van der Waals surface area contributed by atoms with Crippen LogP contribution >= 0.6 is 0 Å². The fourth-order valence-electron chi connectivity index (χ4n) is 8.31. The molecule has 0 rings (SSSR count). The summed E-state index contributed by atoms with van der Waals surface area (Å²) in [6, 6.07) is 0. The van der Waals surface area contributed by atoms with Crippen LogP contribution in [0.2, 0.25) is 0 Å². The summed E-state index contributed by atoms with van der Waals surface area (Å²) in [4.78, 5) is 38.2. The summed E-state index contributed by atoms with van der Waals surface area (Å²) in [7, 11) is 0. The summed E-state index contributed by atoms with van der Waals surface area (Å²) in [5, 5.41) is 0. The third-order valence-electron chi connectivity index (χ3n) is 12.7. The molecule has 0 aliphatic carbocycles. The molecule has 0 unspecified atom stereocenters. The molecule has 0 aliphatic heterocycles. The van der Waals surface area contributed by atoms with E-state index in [0.29, 0.717) is 19.3 Å². The van der Waals surface area contributed by atoms with Crippen LogP contribution in [-0.2, 0) is 28.6 Å². The molecule has 0 bridgehead atoms. The highest BCUT2D eigenvalue weighted by atomic mass is 16.6. The summed E-state index contributed by atoms with van der Waals surface area (Å²) in [6.07, 6.45) is 70.7. The number of carbonyl (C=O) groups is 3. The lowest BCUT2D eigenvalue weighted by molar-refractivity contribution is -0.167. The first-order chi connectivity index (χ1) is 33.5. The Balaban J connectivity index is 4.44. The van der Waals surface area contributed by atoms with Crippen molar-refractivity contribution in [3.8, 4) is 0 Å². The van der Waals surface area contributed by atoms with Crippen LogP contribution in [0.3, 0.4) is 0 Å². The maximum absolute atomic E-state index is 12.9. The molecular formula is C62H110O6. The van der Waals surface area contributed by atoms with Gasteiger partial charge in [0.2, 0.25) is 0 Å². The van der Waals surface area contributed by atoms with Crippen LogP contribution in [0.4, 0.5) is 0 Å². The number of rotatable bonds is 53. The molecular weight excluding hydrogens is 841 g/mol. The molecule has 0 saturated heterocycles. The van der Waals surface area contributed by atoms with Gasteiger partial charge in [-0.25, -0.2) is 0 Å². The average molecular weight is 952 g/mol. The van der Waals surface area contributed by atoms with Crippen LogP contribution in [0.15, 0.2) is 60.8 Å². The zero-order valence-corrected chi connectivity index (χ0v) is 45.1. The van der Waals surface area contributed by atoms with E-state index in [1.807, 2.05) is 0 Å². The Morgan fingerprint density at radius 2 is 0.544 bits per heavy atom. The predicted molar refractivity (Wildman–Crippen MR) is 293 cm³/mol. The second-order valence-corrected chi connectivity index (χ2v) is 19.6. The van der Waals surface area contributed by atoms with E-state index in [-0.39, 0.29) is 37.5 Å². The minimum absolute atomic E-state index is 0.0901. The summed E-state index contributed by atoms with van der Waals surface area (Å²) in [5.74, 6) is -0.940. The fourth-order valence-corrected chi connectivity index (χ4v) is 8.31. The van der Waals surface area contributed by atoms with Gasteiger partial charge in [0.25, 0.3) is 0 Å². The lowest BCUT2D eigenvalue weighted by atomic mass is 10.0. The van der Waals surface area contributed by atoms with Gasteiger partial charge in [-0.15, -0.1) is 0 Å². The smallest absolute Gasteiger partial charge is 0.306 e. The van der Waals surface area contributed by atoms with Crippen molar-refractivity contribution in [3.63, 3.8) is 0 Å². The van der Waals surface area contributed by atoms with Gasteiger partial charge in [-0.3, -0.25) is 14.4 Å². The highest BCUT2D eigenvalue weighted by molar-refractivity contribution is 5.71. The Kier molecular flexibility index (Phi) is 54.3. The Bertz CT molecular complexity index is 1230. The van der Waals surface area contributed by atoms with E-state index >= 15 is 0 Å². The minimum atomic E-state index is -0.797. The largest absolute Gasteiger partial charge is 0.462 e. The number of unbranched alkanes of at least 4 members (excludes halogenated alkanes) is 32. The van der Waals surface area contributed by atoms with E-state index in [4.69, 9.17) is 14.2 Å². The molecule has 6 heteroatoms. The highest BCUT2D eigenvalue weighted by Crippen LogP contribution is 2.16. The van der Waals surface area contributed by atoms with Crippen molar-refractivity contribution in [1.82, 2.24) is 0 Å². The van der Waals surface area contributed by atoms with Crippen LogP contribution in [0.25, 0.3) is 0 Å². The zero-order valence-electron chi connectivity index (χ0n) is 45.1. The third-order valence-corrected chi connectivity index (χ3v) is 12.7. The van der Waals surface area contributed by atoms with E-state index in [1.165, 1.54) is 186 Å². The molecule has 0 aromatic carbocycles. The monoisotopic (exact) mass is 951 g/mol. The zero-order chi connectivity index (χ0) is 49.3. The van der Waals surface area contributed by atoms with E-state index in [2.05, 4.69) is 81.5 Å². The Hall–Kier alpha value is -2.89. The first kappa shape index (κ1) is 65.1. The van der Waals surface area contributed by atoms with Gasteiger partial charge in [-0.05, 0) is 83.5 Å². The van der Waals surface area contributed by atoms with E-state index in [0.717, 1.165) is 64.2 Å². The minimum Gasteiger partial charge on any atom is -0.462 e. The van der Waals surface area contributed by atoms with Gasteiger partial charge in [0.1, 0.15) is 13.2 Å². The molecule has 0 aromatic heterocycles. The van der Waals surface area contributed by atoms with Crippen molar-refractivity contribution < 1.29 is 28.6 Å². The molecule has 1 atom stereocenters. The van der Waals surface area contributed by atoms with E-state index < -0.39 is 6.10 Å². The summed E-state index contributed by atoms with van der Waals surface area (Å²) >= 11 is 0. The molecule has 0 spiro atoms. The number of hydrogen-bond acceptors (Lipinski definition) is 6. The second-order valence-electron chi connectivity index (χ2n) is 19.6. The quantitative estimate of drug-likeness (QED) is 0.0262. The fraction of sp³-hybridized carbons (Fsp3) is 0.790. The van der Waals surface area contributed by atoms with Crippen molar-refractivity contribution in [2.45, 2.75) is 303 Å². The molecule has 0 fully saturated rings. The highest BCUT2D eigenvalue weighted by Gasteiger charge is 2.19. The van der Waals surface area contributed by atoms with Crippen LogP contribution < -0.4 is 0 Å². The number of carbonyl (C=O) groups excluding carboxylic acids is 3. The number of ether oxygens (including phenoxy) is 3. The summed E-state index contributed by atoms with van der Waals surface area (Å²) in [6.45, 7) is 6.59. The normalized spacial score (nSPS) is 12.5. The number of esters is 3. The summed E-state index contributed by atoms with van der Waals surface area (Å²) < 4.78 is 16.8. The van der Waals surface area contributed by atoms with Gasteiger partial charge in [-0.2, -0.15) is 0 Å². The van der Waals surface area contributed by atoms with Gasteiger partial charge in [-0.1, -0.05) is 255 Å². The van der Waals surface area contributed by atoms with Crippen LogP contribution in [0.1, 0.15) is 297 Å². The average Bonchev–Trinajstić information content (AvgIpc) is 3.34. The van der Waals surface area contributed by atoms with E-state index in [9.17, 15) is 14.4 Å². The van der Waals surface area contributed by atoms with Crippen LogP contribution in [0, 0.1) is 0 Å². The first-order valence-corrected chi connectivity index (χ1v) is 29.3. The maximum atomic E-state index is 12.9. The summed E-state index contributed by atoms with van der Waals surface area (Å²) in [5.41, 5.74) is 0. The topological polar surface area (TPSA) is 78.9 Å². The molecule has 394 valence electrons. The molecule has 0 amide bonds. The maximum Gasteiger partial charge on any atom is 0.306 e. The van der Waals surface area contributed by atoms with Crippen molar-refractivity contribution in [1.29, 1.82) is 0 Å². The van der Waals surface area contributed by atoms with Gasteiger partial charge >= 0.3 is 17.9 Å². The van der Waals surface area contributed by atoms with Crippen molar-refractivity contribution in [3.05, 3.63) is 60.8 Å². The Morgan fingerprint density at radius 3 is 0.926 bits per heavy atom. The molecule has 0 N–H and O–H groups in total. The lowest BCUT2D eigenvalue weighted by Gasteiger charge is -2.18. The van der Waals surface area contributed by atoms with Crippen LogP contribution in [-0.4, -0.2) is 37.2 Å². The van der Waals surface area contributed by atoms with Crippen molar-refractivity contribution >= 4 is 17.9 Å². The van der Waals surface area contributed by atoms with Gasteiger partial charge in [0.05, 0.1) is 0 Å². The standard InChI is InChI=1S/C62H110O6/c1-4-7-10-13-16-19-22-25-28-31-34-37-40-43-46-49-52-55-61(64)67-58-59(57-66-60(63)54-51-48-45-42-39-36-33-30-27-24-21-18-15-12-9-6-3)68-62(65)56-53-50-47-44-41-38-35-32-29-26-23-20-17-14-11-8-5-2/h16,19,25-26,28-29,34,37,43,46,59H,4-15,17-18,20-24,27,30-33,35-36,38-42,44-45,47-58H2,1-3H3/b19-16-,28-25-,29-26-,37-34-,46-43-/t59-/m1/s1. The van der Waals surface area contributed by atoms with Gasteiger partial charge in [0.15, 0.2) is 6.10 Å². The number of hydrogen-bond donors (Lipinski definition) is 0. The Morgan fingerprint density at radius 1 is 0.294 bits per heavy atom. The van der Waals surface area contributed by atoms with Gasteiger partial charge < -0.3 is 14.2 Å². The van der Waals surface area contributed by atoms with Crippen molar-refractivity contribution in [2.24, 2.45) is 0 Å². The predicted octanol–water partition coefficient (Wildman–Crippen LogP) is 19.6. The Labute approximate surface area is 421 Å². The molecule has 0 heterocycles.